The molecule has 10 heteroatoms. The first-order valence-corrected chi connectivity index (χ1v) is 8.62. The number of anilines is 1. The van der Waals surface area contributed by atoms with Gasteiger partial charge in [0.15, 0.2) is 0 Å². The molecule has 0 spiro atoms. The van der Waals surface area contributed by atoms with E-state index in [9.17, 15) is 13.2 Å². The van der Waals surface area contributed by atoms with Gasteiger partial charge < -0.3 is 15.0 Å². The van der Waals surface area contributed by atoms with Crippen LogP contribution in [0, 0.1) is 0 Å². The molecular weight excluding hydrogens is 310 g/mol. The number of hydrogen-bond acceptors (Lipinski definition) is 7. The summed E-state index contributed by atoms with van der Waals surface area (Å²) in [4.78, 5) is 22.0. The Hall–Kier alpha value is -1.78. The monoisotopic (exact) mass is 329 g/mol. The predicted octanol–water partition coefficient (Wildman–Crippen LogP) is -1.03. The molecule has 1 aliphatic heterocycles. The van der Waals surface area contributed by atoms with Crippen molar-refractivity contribution in [2.45, 2.75) is 6.10 Å². The summed E-state index contributed by atoms with van der Waals surface area (Å²) in [7, 11) is -1.66. The molecule has 22 heavy (non-hydrogen) atoms. The van der Waals surface area contributed by atoms with Crippen LogP contribution in [0.3, 0.4) is 0 Å². The number of morpholine rings is 1. The Morgan fingerprint density at radius 3 is 2.86 bits per heavy atom. The van der Waals surface area contributed by atoms with Gasteiger partial charge in [-0.2, -0.15) is 0 Å². The van der Waals surface area contributed by atoms with Crippen LogP contribution < -0.4 is 10.0 Å². The molecule has 0 aromatic carbocycles. The molecule has 2 rings (SSSR count). The van der Waals surface area contributed by atoms with E-state index in [1.165, 1.54) is 0 Å². The molecule has 0 saturated carbocycles. The quantitative estimate of drug-likeness (QED) is 0.710. The van der Waals surface area contributed by atoms with Gasteiger partial charge in [-0.1, -0.05) is 0 Å². The Bertz CT molecular complexity index is 636. The summed E-state index contributed by atoms with van der Waals surface area (Å²) in [5, 5.41) is 2.93. The third-order valence-corrected chi connectivity index (χ3v) is 3.84. The molecule has 9 nitrogen and oxygen atoms in total. The van der Waals surface area contributed by atoms with Gasteiger partial charge in [0.05, 0.1) is 26.0 Å². The molecule has 122 valence electrons. The van der Waals surface area contributed by atoms with Gasteiger partial charge in [0.25, 0.3) is 0 Å². The van der Waals surface area contributed by atoms with Crippen LogP contribution in [0.4, 0.5) is 5.82 Å². The fraction of sp³-hybridized carbons (Fsp3) is 0.583. The number of carbonyl (C=O) groups excluding carboxylic acids is 1. The summed E-state index contributed by atoms with van der Waals surface area (Å²) in [6.45, 7) is 0.813. The molecule has 0 aliphatic carbocycles. The van der Waals surface area contributed by atoms with Crippen molar-refractivity contribution in [2.75, 3.05) is 44.9 Å². The van der Waals surface area contributed by atoms with Gasteiger partial charge in [-0.15, -0.1) is 0 Å². The molecule has 0 bridgehead atoms. The highest BCUT2D eigenvalue weighted by molar-refractivity contribution is 7.88. The van der Waals surface area contributed by atoms with Crippen LogP contribution in [-0.4, -0.2) is 68.7 Å². The van der Waals surface area contributed by atoms with E-state index in [0.717, 1.165) is 6.26 Å². The third kappa shape index (κ3) is 4.36. The minimum absolute atomic E-state index is 0.259. The maximum atomic E-state index is 12.1. The summed E-state index contributed by atoms with van der Waals surface area (Å²) in [5.41, 5.74) is 0.624. The average Bonchev–Trinajstić information content (AvgIpc) is 2.52. The Morgan fingerprint density at radius 1 is 1.45 bits per heavy atom. The molecule has 1 aliphatic rings. The zero-order valence-electron chi connectivity index (χ0n) is 12.4. The van der Waals surface area contributed by atoms with Gasteiger partial charge >= 0.3 is 0 Å². The number of rotatable bonds is 5. The number of amides is 1. The van der Waals surface area contributed by atoms with Gasteiger partial charge in [0.1, 0.15) is 17.6 Å². The number of aromatic nitrogens is 2. The first kappa shape index (κ1) is 16.6. The van der Waals surface area contributed by atoms with Crippen molar-refractivity contribution in [3.63, 3.8) is 0 Å². The summed E-state index contributed by atoms with van der Waals surface area (Å²) in [6, 6.07) is 0. The molecule has 0 unspecified atom stereocenters. The number of sulfonamides is 1. The van der Waals surface area contributed by atoms with Gasteiger partial charge in [0.2, 0.25) is 15.9 Å². The van der Waals surface area contributed by atoms with Crippen molar-refractivity contribution in [1.82, 2.24) is 19.6 Å². The van der Waals surface area contributed by atoms with Crippen LogP contribution in [0.2, 0.25) is 0 Å². The average molecular weight is 329 g/mol. The predicted molar refractivity (Wildman–Crippen MR) is 79.7 cm³/mol. The van der Waals surface area contributed by atoms with Crippen molar-refractivity contribution in [3.05, 3.63) is 18.1 Å². The maximum Gasteiger partial charge on any atom is 0.237 e. The molecule has 2 heterocycles. The molecule has 0 radical (unpaired) electrons. The van der Waals surface area contributed by atoms with E-state index < -0.39 is 16.1 Å². The van der Waals surface area contributed by atoms with E-state index in [2.05, 4.69) is 20.0 Å². The fourth-order valence-corrected chi connectivity index (χ4v) is 2.51. The van der Waals surface area contributed by atoms with Gasteiger partial charge in [0, 0.05) is 26.0 Å². The van der Waals surface area contributed by atoms with Crippen LogP contribution in [0.25, 0.3) is 0 Å². The smallest absolute Gasteiger partial charge is 0.237 e. The first-order valence-electron chi connectivity index (χ1n) is 6.73. The number of nitrogens with one attached hydrogen (secondary N) is 2. The van der Waals surface area contributed by atoms with E-state index >= 15 is 0 Å². The number of nitrogens with zero attached hydrogens (tertiary/aromatic N) is 3. The summed E-state index contributed by atoms with van der Waals surface area (Å²) in [5.74, 6) is 0.296. The van der Waals surface area contributed by atoms with Crippen molar-refractivity contribution < 1.29 is 17.9 Å². The molecule has 1 aromatic heterocycles. The minimum Gasteiger partial charge on any atom is -0.372 e. The van der Waals surface area contributed by atoms with Gasteiger partial charge in [-0.3, -0.25) is 9.78 Å². The summed E-state index contributed by atoms with van der Waals surface area (Å²) >= 11 is 0. The minimum atomic E-state index is -3.40. The topological polar surface area (TPSA) is 114 Å². The van der Waals surface area contributed by atoms with E-state index in [-0.39, 0.29) is 12.5 Å². The maximum absolute atomic E-state index is 12.1. The van der Waals surface area contributed by atoms with Crippen LogP contribution in [0.1, 0.15) is 11.8 Å². The second-order valence-corrected chi connectivity index (χ2v) is 6.67. The molecule has 1 saturated heterocycles. The number of carbonyl (C=O) groups is 1. The lowest BCUT2D eigenvalue weighted by Crippen LogP contribution is -2.46. The van der Waals surface area contributed by atoms with E-state index in [1.807, 2.05) is 0 Å². The van der Waals surface area contributed by atoms with Crippen LogP contribution in [0.5, 0.6) is 0 Å². The molecule has 1 aromatic rings. The second kappa shape index (κ2) is 6.99. The first-order chi connectivity index (χ1) is 10.4. The lowest BCUT2D eigenvalue weighted by Gasteiger charge is -2.33. The highest BCUT2D eigenvalue weighted by atomic mass is 32.2. The summed E-state index contributed by atoms with van der Waals surface area (Å²) < 4.78 is 30.0. The van der Waals surface area contributed by atoms with Crippen molar-refractivity contribution in [1.29, 1.82) is 0 Å². The van der Waals surface area contributed by atoms with Crippen LogP contribution in [0.15, 0.2) is 12.4 Å². The molecule has 1 atom stereocenters. The van der Waals surface area contributed by atoms with Crippen LogP contribution in [-0.2, 0) is 19.6 Å². The standard InChI is InChI=1S/C12H19N5O4S/c1-13-12-11(14-3-4-15-12)9-8-17(5-6-21-9)10(18)7-16-22(2,19)20/h3-4,9,16H,5-8H2,1-2H3,(H,13,15)/t9-/m0/s1. The van der Waals surface area contributed by atoms with Gasteiger partial charge in [-0.25, -0.2) is 18.1 Å². The molecule has 1 amide bonds. The zero-order chi connectivity index (χ0) is 16.2. The molecule has 2 N–H and O–H groups in total. The van der Waals surface area contributed by atoms with Crippen LogP contribution >= 0.6 is 0 Å². The Labute approximate surface area is 129 Å². The number of hydrogen-bond donors (Lipinski definition) is 2. The third-order valence-electron chi connectivity index (χ3n) is 3.17. The lowest BCUT2D eigenvalue weighted by atomic mass is 10.2. The van der Waals surface area contributed by atoms with E-state index in [0.29, 0.717) is 31.2 Å². The van der Waals surface area contributed by atoms with Gasteiger partial charge in [-0.05, 0) is 0 Å². The second-order valence-electron chi connectivity index (χ2n) is 4.83. The largest absolute Gasteiger partial charge is 0.372 e. The normalized spacial score (nSPS) is 19.0. The van der Waals surface area contributed by atoms with Crippen molar-refractivity contribution in [2.24, 2.45) is 0 Å². The fourth-order valence-electron chi connectivity index (χ4n) is 2.12. The molecular formula is C12H19N5O4S. The van der Waals surface area contributed by atoms with Crippen molar-refractivity contribution in [3.8, 4) is 0 Å². The van der Waals surface area contributed by atoms with E-state index in [4.69, 9.17) is 4.74 Å². The SMILES string of the molecule is CNc1nccnc1[C@@H]1CN(C(=O)CNS(C)(=O)=O)CCO1. The highest BCUT2D eigenvalue weighted by Crippen LogP contribution is 2.24. The number of ether oxygens (including phenoxy) is 1. The zero-order valence-corrected chi connectivity index (χ0v) is 13.3. The van der Waals surface area contributed by atoms with Crippen molar-refractivity contribution >= 4 is 21.7 Å². The Kier molecular flexibility index (Phi) is 5.27. The summed E-state index contributed by atoms with van der Waals surface area (Å²) in [6.07, 6.45) is 3.75. The molecule has 1 fully saturated rings. The Morgan fingerprint density at radius 2 is 2.18 bits per heavy atom. The lowest BCUT2D eigenvalue weighted by molar-refractivity contribution is -0.137. The Balaban J connectivity index is 2.04. The highest BCUT2D eigenvalue weighted by Gasteiger charge is 2.28. The van der Waals surface area contributed by atoms with E-state index in [1.54, 1.807) is 24.3 Å².